The van der Waals surface area contributed by atoms with Crippen LogP contribution < -0.4 is 5.32 Å². The summed E-state index contributed by atoms with van der Waals surface area (Å²) < 4.78 is 49.3. The zero-order valence-corrected chi connectivity index (χ0v) is 13.2. The van der Waals surface area contributed by atoms with Crippen molar-refractivity contribution in [1.82, 2.24) is 5.32 Å². The molecule has 1 unspecified atom stereocenters. The molecule has 8 heteroatoms. The van der Waals surface area contributed by atoms with Crippen molar-refractivity contribution in [3.8, 4) is 0 Å². The number of esters is 1. The summed E-state index contributed by atoms with van der Waals surface area (Å²) in [5.41, 5.74) is -1.09. The third-order valence-electron chi connectivity index (χ3n) is 2.69. The van der Waals surface area contributed by atoms with Crippen LogP contribution in [-0.2, 0) is 20.7 Å². The fourth-order valence-corrected chi connectivity index (χ4v) is 1.73. The van der Waals surface area contributed by atoms with Gasteiger partial charge in [-0.05, 0) is 32.4 Å². The van der Waals surface area contributed by atoms with Crippen molar-refractivity contribution in [3.63, 3.8) is 0 Å². The van der Waals surface area contributed by atoms with E-state index in [1.807, 2.05) is 0 Å². The highest BCUT2D eigenvalue weighted by atomic mass is 19.2. The maximum atomic E-state index is 13.7. The number of methoxy groups -OCH3 is 1. The van der Waals surface area contributed by atoms with E-state index in [9.17, 15) is 22.8 Å². The number of amides is 1. The van der Waals surface area contributed by atoms with E-state index in [1.165, 1.54) is 0 Å². The topological polar surface area (TPSA) is 64.6 Å². The highest BCUT2D eigenvalue weighted by Crippen LogP contribution is 2.16. The van der Waals surface area contributed by atoms with Gasteiger partial charge in [-0.3, -0.25) is 0 Å². The second kappa shape index (κ2) is 7.34. The zero-order valence-electron chi connectivity index (χ0n) is 13.2. The Hall–Kier alpha value is -2.25. The molecular weight excluding hydrogens is 315 g/mol. The van der Waals surface area contributed by atoms with Gasteiger partial charge in [0, 0.05) is 12.5 Å². The van der Waals surface area contributed by atoms with Crippen LogP contribution in [0.1, 0.15) is 26.3 Å². The van der Waals surface area contributed by atoms with E-state index in [2.05, 4.69) is 10.1 Å². The first-order valence-corrected chi connectivity index (χ1v) is 6.74. The van der Waals surface area contributed by atoms with Gasteiger partial charge in [0.2, 0.25) is 0 Å². The van der Waals surface area contributed by atoms with E-state index in [4.69, 9.17) is 4.74 Å². The van der Waals surface area contributed by atoms with Crippen molar-refractivity contribution in [1.29, 1.82) is 0 Å². The van der Waals surface area contributed by atoms with Crippen LogP contribution >= 0.6 is 0 Å². The second-order valence-electron chi connectivity index (χ2n) is 5.78. The summed E-state index contributed by atoms with van der Waals surface area (Å²) >= 11 is 0. The summed E-state index contributed by atoms with van der Waals surface area (Å²) in [7, 11) is 1.08. The number of rotatable bonds is 4. The largest absolute Gasteiger partial charge is 0.467 e. The van der Waals surface area contributed by atoms with E-state index in [-0.39, 0.29) is 5.56 Å². The molecule has 128 valence electrons. The Labute approximate surface area is 131 Å². The summed E-state index contributed by atoms with van der Waals surface area (Å²) in [6.45, 7) is 4.86. The first kappa shape index (κ1) is 18.8. The molecule has 0 bridgehead atoms. The Morgan fingerprint density at radius 1 is 1.13 bits per heavy atom. The van der Waals surface area contributed by atoms with Gasteiger partial charge in [0.05, 0.1) is 7.11 Å². The number of alkyl carbamates (subject to hydrolysis) is 1. The van der Waals surface area contributed by atoms with E-state index in [1.54, 1.807) is 20.8 Å². The molecule has 1 N–H and O–H groups in total. The normalized spacial score (nSPS) is 12.5. The molecule has 1 aromatic carbocycles. The average Bonchev–Trinajstić information content (AvgIpc) is 2.40. The zero-order chi connectivity index (χ0) is 17.8. The molecule has 0 radical (unpaired) electrons. The van der Waals surface area contributed by atoms with Gasteiger partial charge in [0.25, 0.3) is 0 Å². The minimum Gasteiger partial charge on any atom is -0.467 e. The van der Waals surface area contributed by atoms with Crippen LogP contribution in [0, 0.1) is 17.5 Å². The molecule has 0 aliphatic rings. The standard InChI is InChI=1S/C15H18F3NO4/c1-15(2,3)23-14(21)19-12(13(20)22-4)6-8-5-10(17)11(18)7-9(8)16/h5,7,12H,6H2,1-4H3,(H,19,21). The second-order valence-corrected chi connectivity index (χ2v) is 5.78. The van der Waals surface area contributed by atoms with Crippen LogP contribution in [0.4, 0.5) is 18.0 Å². The van der Waals surface area contributed by atoms with Crippen LogP contribution in [0.15, 0.2) is 12.1 Å². The minimum absolute atomic E-state index is 0.282. The molecule has 0 saturated heterocycles. The number of benzene rings is 1. The van der Waals surface area contributed by atoms with Gasteiger partial charge < -0.3 is 14.8 Å². The van der Waals surface area contributed by atoms with Crippen LogP contribution in [0.2, 0.25) is 0 Å². The van der Waals surface area contributed by atoms with Crippen molar-refractivity contribution in [2.45, 2.75) is 38.8 Å². The van der Waals surface area contributed by atoms with E-state index < -0.39 is 47.6 Å². The van der Waals surface area contributed by atoms with Gasteiger partial charge in [-0.2, -0.15) is 0 Å². The molecule has 1 amide bonds. The highest BCUT2D eigenvalue weighted by molar-refractivity contribution is 5.81. The van der Waals surface area contributed by atoms with Gasteiger partial charge >= 0.3 is 12.1 Å². The summed E-state index contributed by atoms with van der Waals surface area (Å²) in [6.07, 6.45) is -1.34. The van der Waals surface area contributed by atoms with Crippen LogP contribution in [0.5, 0.6) is 0 Å². The van der Waals surface area contributed by atoms with E-state index >= 15 is 0 Å². The monoisotopic (exact) mass is 333 g/mol. The molecule has 23 heavy (non-hydrogen) atoms. The number of carbonyl (C=O) groups excluding carboxylic acids is 2. The number of nitrogens with one attached hydrogen (secondary N) is 1. The molecule has 0 aromatic heterocycles. The fraction of sp³-hybridized carbons (Fsp3) is 0.467. The molecular formula is C15H18F3NO4. The lowest BCUT2D eigenvalue weighted by molar-refractivity contribution is -0.143. The fourth-order valence-electron chi connectivity index (χ4n) is 1.73. The van der Waals surface area contributed by atoms with Crippen molar-refractivity contribution < 1.29 is 32.2 Å². The van der Waals surface area contributed by atoms with Gasteiger partial charge in [0.15, 0.2) is 11.6 Å². The summed E-state index contributed by atoms with van der Waals surface area (Å²) in [4.78, 5) is 23.4. The molecule has 1 atom stereocenters. The van der Waals surface area contributed by atoms with Crippen molar-refractivity contribution in [3.05, 3.63) is 35.1 Å². The molecule has 1 aromatic rings. The predicted molar refractivity (Wildman–Crippen MR) is 75.2 cm³/mol. The molecule has 0 aliphatic carbocycles. The van der Waals surface area contributed by atoms with Crippen LogP contribution in [-0.4, -0.2) is 30.8 Å². The van der Waals surface area contributed by atoms with E-state index in [0.29, 0.717) is 12.1 Å². The number of hydrogen-bond donors (Lipinski definition) is 1. The number of carbonyl (C=O) groups is 2. The molecule has 0 aliphatic heterocycles. The quantitative estimate of drug-likeness (QED) is 0.680. The average molecular weight is 333 g/mol. The molecule has 0 spiro atoms. The predicted octanol–water partition coefficient (Wildman–Crippen LogP) is 2.71. The lowest BCUT2D eigenvalue weighted by Crippen LogP contribution is -2.45. The van der Waals surface area contributed by atoms with Gasteiger partial charge in [0.1, 0.15) is 17.5 Å². The molecule has 0 heterocycles. The van der Waals surface area contributed by atoms with Crippen molar-refractivity contribution in [2.75, 3.05) is 7.11 Å². The maximum Gasteiger partial charge on any atom is 0.408 e. The third kappa shape index (κ3) is 5.80. The van der Waals surface area contributed by atoms with Gasteiger partial charge in [-0.1, -0.05) is 0 Å². The smallest absolute Gasteiger partial charge is 0.408 e. The number of ether oxygens (including phenoxy) is 2. The summed E-state index contributed by atoms with van der Waals surface area (Å²) in [5, 5.41) is 2.22. The first-order valence-electron chi connectivity index (χ1n) is 6.74. The Morgan fingerprint density at radius 2 is 1.70 bits per heavy atom. The summed E-state index contributed by atoms with van der Waals surface area (Å²) in [5.74, 6) is -4.52. The van der Waals surface area contributed by atoms with E-state index in [0.717, 1.165) is 7.11 Å². The molecule has 0 fully saturated rings. The highest BCUT2D eigenvalue weighted by Gasteiger charge is 2.26. The SMILES string of the molecule is COC(=O)C(Cc1cc(F)c(F)cc1F)NC(=O)OC(C)(C)C. The molecule has 5 nitrogen and oxygen atoms in total. The van der Waals surface area contributed by atoms with Gasteiger partial charge in [-0.25, -0.2) is 22.8 Å². The Morgan fingerprint density at radius 3 is 2.22 bits per heavy atom. The number of hydrogen-bond acceptors (Lipinski definition) is 4. The lowest BCUT2D eigenvalue weighted by Gasteiger charge is -2.22. The Balaban J connectivity index is 2.94. The lowest BCUT2D eigenvalue weighted by atomic mass is 10.0. The minimum atomic E-state index is -1.35. The Kier molecular flexibility index (Phi) is 6.00. The maximum absolute atomic E-state index is 13.7. The number of halogens is 3. The molecule has 1 rings (SSSR count). The van der Waals surface area contributed by atoms with Crippen LogP contribution in [0.25, 0.3) is 0 Å². The van der Waals surface area contributed by atoms with Crippen molar-refractivity contribution >= 4 is 12.1 Å². The summed E-state index contributed by atoms with van der Waals surface area (Å²) in [6, 6.07) is -0.321. The third-order valence-corrected chi connectivity index (χ3v) is 2.69. The van der Waals surface area contributed by atoms with Gasteiger partial charge in [-0.15, -0.1) is 0 Å². The Bertz CT molecular complexity index is 599. The van der Waals surface area contributed by atoms with Crippen molar-refractivity contribution in [2.24, 2.45) is 0 Å². The first-order chi connectivity index (χ1) is 10.5. The van der Waals surface area contributed by atoms with Crippen LogP contribution in [0.3, 0.4) is 0 Å². The molecule has 0 saturated carbocycles.